The molecule has 2 amide bonds. The molecule has 182 valence electrons. The van der Waals surface area contributed by atoms with Gasteiger partial charge in [-0.2, -0.15) is 0 Å². The number of fused-ring (bicyclic) bond motifs is 2. The van der Waals surface area contributed by atoms with Crippen LogP contribution in [0.25, 0.3) is 0 Å². The molecule has 35 heavy (non-hydrogen) atoms. The Morgan fingerprint density at radius 3 is 2.63 bits per heavy atom. The van der Waals surface area contributed by atoms with E-state index >= 15 is 0 Å². The van der Waals surface area contributed by atoms with Gasteiger partial charge in [0.05, 0.1) is 11.3 Å². The molecule has 2 aromatic carbocycles. The minimum atomic E-state index is -0.0962. The minimum absolute atomic E-state index is 0.0485. The molecule has 6 nitrogen and oxygen atoms in total. The topological polar surface area (TPSA) is 65.5 Å². The van der Waals surface area contributed by atoms with Gasteiger partial charge in [-0.15, -0.1) is 0 Å². The van der Waals surface area contributed by atoms with Crippen molar-refractivity contribution < 1.29 is 9.59 Å². The minimum Gasteiger partial charge on any atom is -0.356 e. The number of benzene rings is 2. The van der Waals surface area contributed by atoms with Crippen LogP contribution in [0.15, 0.2) is 82.8 Å². The number of rotatable bonds is 10. The second-order valence-electron chi connectivity index (χ2n) is 8.89. The smallest absolute Gasteiger partial charge is 0.259 e. The highest BCUT2D eigenvalue weighted by molar-refractivity contribution is 7.99. The summed E-state index contributed by atoms with van der Waals surface area (Å²) in [5.74, 6) is -0.145. The van der Waals surface area contributed by atoms with Gasteiger partial charge in [-0.25, -0.2) is 4.98 Å². The standard InChI is InChI=1S/C28H32N4O2S/c1-21(2)31(20-22-10-4-3-5-11-22)18-9-17-29-26(33)15-19-32-24-13-8-16-30-27(24)35-25-14-7-6-12-23(25)28(32)34/h3-8,10-14,16,21H,9,15,17-20H2,1-2H3,(H,29,33). The van der Waals surface area contributed by atoms with Gasteiger partial charge in [-0.05, 0) is 50.1 Å². The van der Waals surface area contributed by atoms with Crippen molar-refractivity contribution in [2.45, 2.75) is 49.2 Å². The Bertz CT molecular complexity index is 1150. The third-order valence-electron chi connectivity index (χ3n) is 6.08. The Hall–Kier alpha value is -3.16. The van der Waals surface area contributed by atoms with Crippen LogP contribution in [0.4, 0.5) is 5.69 Å². The third-order valence-corrected chi connectivity index (χ3v) is 7.16. The lowest BCUT2D eigenvalue weighted by atomic mass is 10.1. The molecule has 1 aliphatic rings. The van der Waals surface area contributed by atoms with E-state index < -0.39 is 0 Å². The van der Waals surface area contributed by atoms with Gasteiger partial charge in [-0.3, -0.25) is 14.5 Å². The third kappa shape index (κ3) is 6.50. The number of carbonyl (C=O) groups is 2. The van der Waals surface area contributed by atoms with Crippen LogP contribution in [0.2, 0.25) is 0 Å². The first-order valence-electron chi connectivity index (χ1n) is 12.1. The molecule has 0 aliphatic carbocycles. The molecule has 0 unspecified atom stereocenters. The molecule has 0 spiro atoms. The van der Waals surface area contributed by atoms with Gasteiger partial charge in [-0.1, -0.05) is 54.2 Å². The lowest BCUT2D eigenvalue weighted by Gasteiger charge is -2.26. The highest BCUT2D eigenvalue weighted by atomic mass is 32.2. The second kappa shape index (κ2) is 12.0. The molecule has 0 saturated carbocycles. The van der Waals surface area contributed by atoms with Crippen molar-refractivity contribution in [1.29, 1.82) is 0 Å². The molecule has 0 fully saturated rings. The quantitative estimate of drug-likeness (QED) is 0.407. The maximum Gasteiger partial charge on any atom is 0.259 e. The zero-order chi connectivity index (χ0) is 24.6. The second-order valence-corrected chi connectivity index (χ2v) is 9.92. The molecule has 2 heterocycles. The Morgan fingerprint density at radius 2 is 1.83 bits per heavy atom. The highest BCUT2D eigenvalue weighted by Crippen LogP contribution is 2.39. The summed E-state index contributed by atoms with van der Waals surface area (Å²) in [7, 11) is 0. The van der Waals surface area contributed by atoms with Crippen LogP contribution in [0.3, 0.4) is 0 Å². The summed E-state index contributed by atoms with van der Waals surface area (Å²) in [4.78, 5) is 35.4. The van der Waals surface area contributed by atoms with Crippen molar-refractivity contribution in [2.24, 2.45) is 0 Å². The molecule has 3 aromatic rings. The number of hydrogen-bond donors (Lipinski definition) is 1. The molecule has 1 N–H and O–H groups in total. The zero-order valence-electron chi connectivity index (χ0n) is 20.3. The fourth-order valence-corrected chi connectivity index (χ4v) is 5.15. The molecule has 0 atom stereocenters. The van der Waals surface area contributed by atoms with Crippen molar-refractivity contribution in [3.8, 4) is 0 Å². The van der Waals surface area contributed by atoms with E-state index in [4.69, 9.17) is 0 Å². The molecular weight excluding hydrogens is 456 g/mol. The summed E-state index contributed by atoms with van der Waals surface area (Å²) in [5.41, 5.74) is 2.69. The SMILES string of the molecule is CC(C)N(CCCNC(=O)CCN1C(=O)c2ccccc2Sc2ncccc21)Cc1ccccc1. The van der Waals surface area contributed by atoms with Gasteiger partial charge in [0, 0.05) is 49.7 Å². The van der Waals surface area contributed by atoms with E-state index in [2.05, 4.69) is 53.3 Å². The number of hydrogen-bond acceptors (Lipinski definition) is 5. The Kier molecular flexibility index (Phi) is 8.55. The summed E-state index contributed by atoms with van der Waals surface area (Å²) < 4.78 is 0. The van der Waals surface area contributed by atoms with Crippen LogP contribution in [0.5, 0.6) is 0 Å². The lowest BCUT2D eigenvalue weighted by molar-refractivity contribution is -0.120. The predicted molar refractivity (Wildman–Crippen MR) is 141 cm³/mol. The van der Waals surface area contributed by atoms with Crippen molar-refractivity contribution in [3.05, 3.63) is 84.1 Å². The summed E-state index contributed by atoms with van der Waals surface area (Å²) in [6.07, 6.45) is 2.84. The normalized spacial score (nSPS) is 12.9. The number of aromatic nitrogens is 1. The number of pyridine rings is 1. The van der Waals surface area contributed by atoms with Crippen LogP contribution >= 0.6 is 11.8 Å². The number of nitrogens with one attached hydrogen (secondary N) is 1. The molecular formula is C28H32N4O2S. The summed E-state index contributed by atoms with van der Waals surface area (Å²) in [6, 6.07) is 22.1. The largest absolute Gasteiger partial charge is 0.356 e. The van der Waals surface area contributed by atoms with Gasteiger partial charge in [0.1, 0.15) is 5.03 Å². The van der Waals surface area contributed by atoms with Gasteiger partial charge in [0.15, 0.2) is 0 Å². The van der Waals surface area contributed by atoms with Crippen LogP contribution in [0.1, 0.15) is 42.6 Å². The fraction of sp³-hybridized carbons (Fsp3) is 0.321. The first kappa shape index (κ1) is 24.9. The van der Waals surface area contributed by atoms with Crippen molar-refractivity contribution in [1.82, 2.24) is 15.2 Å². The van der Waals surface area contributed by atoms with E-state index in [0.717, 1.165) is 35.1 Å². The maximum atomic E-state index is 13.3. The van der Waals surface area contributed by atoms with Crippen molar-refractivity contribution >= 4 is 29.3 Å². The fourth-order valence-electron chi connectivity index (χ4n) is 4.13. The molecule has 1 aromatic heterocycles. The molecule has 0 bridgehead atoms. The van der Waals surface area contributed by atoms with E-state index in [0.29, 0.717) is 24.7 Å². The molecule has 1 aliphatic heterocycles. The van der Waals surface area contributed by atoms with Crippen molar-refractivity contribution in [2.75, 3.05) is 24.5 Å². The molecule has 0 radical (unpaired) electrons. The summed E-state index contributed by atoms with van der Waals surface area (Å²) in [5, 5.41) is 3.81. The maximum absolute atomic E-state index is 13.3. The monoisotopic (exact) mass is 488 g/mol. The highest BCUT2D eigenvalue weighted by Gasteiger charge is 2.28. The number of nitrogens with zero attached hydrogens (tertiary/aromatic N) is 3. The van der Waals surface area contributed by atoms with Gasteiger partial charge in [0.2, 0.25) is 5.91 Å². The van der Waals surface area contributed by atoms with Crippen LogP contribution in [-0.2, 0) is 11.3 Å². The van der Waals surface area contributed by atoms with Crippen LogP contribution < -0.4 is 10.2 Å². The zero-order valence-corrected chi connectivity index (χ0v) is 21.1. The van der Waals surface area contributed by atoms with E-state index in [1.807, 2.05) is 42.5 Å². The van der Waals surface area contributed by atoms with Gasteiger partial charge in [0.25, 0.3) is 5.91 Å². The van der Waals surface area contributed by atoms with Crippen molar-refractivity contribution in [3.63, 3.8) is 0 Å². The predicted octanol–water partition coefficient (Wildman–Crippen LogP) is 5.00. The Balaban J connectivity index is 1.30. The summed E-state index contributed by atoms with van der Waals surface area (Å²) in [6.45, 7) is 7.12. The first-order chi connectivity index (χ1) is 17.0. The number of anilines is 1. The molecule has 4 rings (SSSR count). The number of amides is 2. The van der Waals surface area contributed by atoms with Gasteiger partial charge < -0.3 is 10.2 Å². The summed E-state index contributed by atoms with van der Waals surface area (Å²) >= 11 is 1.49. The first-order valence-corrected chi connectivity index (χ1v) is 12.9. The average Bonchev–Trinajstić information content (AvgIpc) is 2.99. The Labute approximate surface area is 211 Å². The molecule has 0 saturated heterocycles. The Morgan fingerprint density at radius 1 is 1.06 bits per heavy atom. The van der Waals surface area contributed by atoms with Crippen LogP contribution in [0, 0.1) is 0 Å². The molecule has 7 heteroatoms. The van der Waals surface area contributed by atoms with E-state index in [1.54, 1.807) is 11.1 Å². The van der Waals surface area contributed by atoms with E-state index in [1.165, 1.54) is 17.3 Å². The average molecular weight is 489 g/mol. The van der Waals surface area contributed by atoms with Crippen LogP contribution in [-0.4, -0.2) is 47.4 Å². The van der Waals surface area contributed by atoms with Gasteiger partial charge >= 0.3 is 0 Å². The van der Waals surface area contributed by atoms with E-state index in [9.17, 15) is 9.59 Å². The lowest BCUT2D eigenvalue weighted by Crippen LogP contribution is -2.36. The number of carbonyl (C=O) groups excluding carboxylic acids is 2. The van der Waals surface area contributed by atoms with E-state index in [-0.39, 0.29) is 18.2 Å².